The van der Waals surface area contributed by atoms with Gasteiger partial charge in [0, 0.05) is 43.9 Å². The number of morpholine rings is 1. The summed E-state index contributed by atoms with van der Waals surface area (Å²) in [5, 5.41) is 21.5. The standard InChI is InChI=1S/C22H29F2N5O4S/c23-22(24)4-1-12(2-5-22)17-8-18(28-33-17)29-14-7-15-19(16(29)11-32-10-14)34-21(26-15)27-20(30)25-13-3-6-31-9-13/h8,12-14,16,20,25,30H,1-7,9-11H2,(H,26,27)/t13-,14+,16+,20?/m1/s1. The molecule has 6 rings (SSSR count). The van der Waals surface area contributed by atoms with Crippen LogP contribution in [0.25, 0.3) is 0 Å². The molecule has 0 amide bonds. The van der Waals surface area contributed by atoms with Gasteiger partial charge in [-0.3, -0.25) is 5.32 Å². The van der Waals surface area contributed by atoms with Gasteiger partial charge in [0.25, 0.3) is 0 Å². The Morgan fingerprint density at radius 2 is 2.03 bits per heavy atom. The van der Waals surface area contributed by atoms with Crippen molar-refractivity contribution < 1.29 is 27.9 Å². The number of hydrogen-bond donors (Lipinski definition) is 3. The van der Waals surface area contributed by atoms with Crippen molar-refractivity contribution in [2.24, 2.45) is 0 Å². The molecule has 34 heavy (non-hydrogen) atoms. The summed E-state index contributed by atoms with van der Waals surface area (Å²) in [5.41, 5.74) is 1.01. The molecule has 2 saturated heterocycles. The predicted molar refractivity (Wildman–Crippen MR) is 120 cm³/mol. The monoisotopic (exact) mass is 497 g/mol. The highest BCUT2D eigenvalue weighted by Crippen LogP contribution is 2.45. The van der Waals surface area contributed by atoms with Gasteiger partial charge in [-0.05, 0) is 19.3 Å². The number of aromatic nitrogens is 2. The van der Waals surface area contributed by atoms with Gasteiger partial charge < -0.3 is 29.3 Å². The summed E-state index contributed by atoms with van der Waals surface area (Å²) >= 11 is 1.51. The van der Waals surface area contributed by atoms with Crippen LogP contribution in [0.5, 0.6) is 0 Å². The molecule has 3 aliphatic heterocycles. The Morgan fingerprint density at radius 3 is 2.82 bits per heavy atom. The van der Waals surface area contributed by atoms with Crippen molar-refractivity contribution >= 4 is 22.3 Å². The van der Waals surface area contributed by atoms with Crippen molar-refractivity contribution in [1.29, 1.82) is 0 Å². The van der Waals surface area contributed by atoms with Crippen molar-refractivity contribution in [1.82, 2.24) is 15.5 Å². The van der Waals surface area contributed by atoms with Gasteiger partial charge in [-0.1, -0.05) is 16.5 Å². The van der Waals surface area contributed by atoms with Crippen LogP contribution in [0.15, 0.2) is 10.6 Å². The highest BCUT2D eigenvalue weighted by molar-refractivity contribution is 7.15. The summed E-state index contributed by atoms with van der Waals surface area (Å²) < 4.78 is 44.0. The zero-order valence-electron chi connectivity index (χ0n) is 18.7. The molecule has 3 fully saturated rings. The molecule has 12 heteroatoms. The van der Waals surface area contributed by atoms with Gasteiger partial charge in [-0.15, -0.1) is 0 Å². The number of ether oxygens (including phenoxy) is 2. The van der Waals surface area contributed by atoms with Crippen LogP contribution < -0.4 is 15.5 Å². The summed E-state index contributed by atoms with van der Waals surface area (Å²) in [6, 6.07) is 2.05. The average molecular weight is 498 g/mol. The van der Waals surface area contributed by atoms with Crippen molar-refractivity contribution in [3.8, 4) is 0 Å². The van der Waals surface area contributed by atoms with Crippen molar-refractivity contribution in [2.45, 2.75) is 74.8 Å². The summed E-state index contributed by atoms with van der Waals surface area (Å²) in [7, 11) is 0. The van der Waals surface area contributed by atoms with Gasteiger partial charge in [0.05, 0.1) is 42.5 Å². The quantitative estimate of drug-likeness (QED) is 0.520. The minimum absolute atomic E-state index is 0.0178. The SMILES string of the molecule is OC(Nc1nc2c(s1)[C@@H]1COC[C@H](C2)N1c1cc(C2CCC(F)(F)CC2)on1)N[C@@H]1CCOC1. The minimum atomic E-state index is -2.57. The second kappa shape index (κ2) is 8.98. The van der Waals surface area contributed by atoms with Crippen LogP contribution in [0.3, 0.4) is 0 Å². The first-order chi connectivity index (χ1) is 16.4. The van der Waals surface area contributed by atoms with Crippen molar-refractivity contribution in [3.05, 3.63) is 22.4 Å². The number of aliphatic hydroxyl groups is 1. The lowest BCUT2D eigenvalue weighted by Gasteiger charge is -2.44. The Morgan fingerprint density at radius 1 is 1.18 bits per heavy atom. The Hall–Kier alpha value is -1.86. The number of thiazole rings is 1. The summed E-state index contributed by atoms with van der Waals surface area (Å²) in [6.45, 7) is 2.35. The molecule has 2 bridgehead atoms. The van der Waals surface area contributed by atoms with Crippen LogP contribution >= 0.6 is 11.3 Å². The lowest BCUT2D eigenvalue weighted by atomic mass is 9.85. The fourth-order valence-corrected chi connectivity index (χ4v) is 6.56. The van der Waals surface area contributed by atoms with E-state index in [-0.39, 0.29) is 36.9 Å². The zero-order chi connectivity index (χ0) is 23.3. The van der Waals surface area contributed by atoms with Gasteiger partial charge >= 0.3 is 0 Å². The Kier molecular flexibility index (Phi) is 5.96. The van der Waals surface area contributed by atoms with Crippen LogP contribution in [0, 0.1) is 0 Å². The van der Waals surface area contributed by atoms with E-state index in [1.807, 2.05) is 6.07 Å². The van der Waals surface area contributed by atoms with Crippen LogP contribution in [-0.4, -0.2) is 66.0 Å². The molecule has 0 aromatic carbocycles. The molecule has 4 atom stereocenters. The number of aliphatic hydroxyl groups excluding tert-OH is 1. The maximum absolute atomic E-state index is 13.6. The second-order valence-corrected chi connectivity index (χ2v) is 10.7. The molecule has 5 heterocycles. The van der Waals surface area contributed by atoms with Gasteiger partial charge in [-0.2, -0.15) is 0 Å². The highest BCUT2D eigenvalue weighted by atomic mass is 32.1. The number of alkyl halides is 2. The minimum Gasteiger partial charge on any atom is -0.380 e. The topological polar surface area (TPSA) is 105 Å². The molecule has 1 saturated carbocycles. The van der Waals surface area contributed by atoms with Crippen LogP contribution in [-0.2, 0) is 15.9 Å². The number of hydrogen-bond acceptors (Lipinski definition) is 10. The van der Waals surface area contributed by atoms with E-state index >= 15 is 0 Å². The molecule has 2 aromatic heterocycles. The maximum atomic E-state index is 13.6. The first-order valence-corrected chi connectivity index (χ1v) is 12.8. The van der Waals surface area contributed by atoms with Crippen LogP contribution in [0.2, 0.25) is 0 Å². The normalized spacial score (nSPS) is 29.7. The Labute approximate surface area is 199 Å². The predicted octanol–water partition coefficient (Wildman–Crippen LogP) is 2.99. The molecule has 1 aliphatic carbocycles. The van der Waals surface area contributed by atoms with E-state index in [0.29, 0.717) is 56.6 Å². The molecule has 0 radical (unpaired) electrons. The maximum Gasteiger partial charge on any atom is 0.248 e. The average Bonchev–Trinajstić information content (AvgIpc) is 3.55. The Balaban J connectivity index is 1.17. The molecule has 3 N–H and O–H groups in total. The number of anilines is 2. The fraction of sp³-hybridized carbons (Fsp3) is 0.727. The number of rotatable bonds is 6. The fourth-order valence-electron chi connectivity index (χ4n) is 5.46. The van der Waals surface area contributed by atoms with Crippen LogP contribution in [0.1, 0.15) is 60.4 Å². The van der Waals surface area contributed by atoms with E-state index in [2.05, 4.69) is 20.7 Å². The van der Waals surface area contributed by atoms with E-state index in [9.17, 15) is 13.9 Å². The summed E-state index contributed by atoms with van der Waals surface area (Å²) in [4.78, 5) is 8.05. The number of halogens is 2. The van der Waals surface area contributed by atoms with Crippen molar-refractivity contribution in [2.75, 3.05) is 36.6 Å². The number of nitrogens with one attached hydrogen (secondary N) is 2. The van der Waals surface area contributed by atoms with E-state index in [4.69, 9.17) is 19.0 Å². The summed E-state index contributed by atoms with van der Waals surface area (Å²) in [5.74, 6) is -1.17. The smallest absolute Gasteiger partial charge is 0.248 e. The number of nitrogens with zero attached hydrogens (tertiary/aromatic N) is 3. The Bertz CT molecular complexity index is 1000. The third-order valence-corrected chi connectivity index (χ3v) is 8.39. The largest absolute Gasteiger partial charge is 0.380 e. The third kappa shape index (κ3) is 4.41. The molecule has 1 unspecified atom stereocenters. The van der Waals surface area contributed by atoms with E-state index in [0.717, 1.165) is 22.8 Å². The zero-order valence-corrected chi connectivity index (χ0v) is 19.5. The first-order valence-electron chi connectivity index (χ1n) is 11.9. The van der Waals surface area contributed by atoms with Gasteiger partial charge in [-0.25, -0.2) is 13.8 Å². The van der Waals surface area contributed by atoms with E-state index in [1.165, 1.54) is 11.3 Å². The van der Waals surface area contributed by atoms with Crippen molar-refractivity contribution in [3.63, 3.8) is 0 Å². The summed E-state index contributed by atoms with van der Waals surface area (Å²) in [6.07, 6.45) is 1.26. The van der Waals surface area contributed by atoms with E-state index in [1.54, 1.807) is 0 Å². The molecule has 186 valence electrons. The molecular weight excluding hydrogens is 468 g/mol. The van der Waals surface area contributed by atoms with Gasteiger partial charge in [0.1, 0.15) is 5.76 Å². The lowest BCUT2D eigenvalue weighted by molar-refractivity contribution is -0.0398. The molecular formula is C22H29F2N5O4S. The second-order valence-electron chi connectivity index (χ2n) is 9.64. The molecule has 2 aromatic rings. The number of fused-ring (bicyclic) bond motifs is 4. The van der Waals surface area contributed by atoms with E-state index < -0.39 is 12.3 Å². The highest BCUT2D eigenvalue weighted by Gasteiger charge is 2.43. The van der Waals surface area contributed by atoms with Gasteiger partial charge in [0.2, 0.25) is 5.92 Å². The molecule has 9 nitrogen and oxygen atoms in total. The first kappa shape index (κ1) is 22.6. The van der Waals surface area contributed by atoms with Gasteiger partial charge in [0.15, 0.2) is 17.3 Å². The lowest BCUT2D eigenvalue weighted by Crippen LogP contribution is -2.51. The third-order valence-electron chi connectivity index (χ3n) is 7.26. The van der Waals surface area contributed by atoms with Crippen LogP contribution in [0.4, 0.5) is 19.7 Å². The molecule has 0 spiro atoms. The molecule has 4 aliphatic rings.